The first-order chi connectivity index (χ1) is 19.0. The number of halogens is 3. The van der Waals surface area contributed by atoms with Crippen molar-refractivity contribution in [3.8, 4) is 0 Å². The van der Waals surface area contributed by atoms with Crippen molar-refractivity contribution >= 4 is 29.2 Å². The van der Waals surface area contributed by atoms with Crippen LogP contribution in [0.1, 0.15) is 35.2 Å². The van der Waals surface area contributed by atoms with E-state index in [0.29, 0.717) is 25.3 Å². The van der Waals surface area contributed by atoms with Gasteiger partial charge in [-0.3, -0.25) is 4.79 Å². The number of alkyl halides is 3. The number of piperazine rings is 1. The molecule has 1 unspecified atom stereocenters. The largest absolute Gasteiger partial charge is 0.490 e. The van der Waals surface area contributed by atoms with Crippen molar-refractivity contribution in [1.82, 2.24) is 29.1 Å². The normalized spacial score (nSPS) is 17.4. The molecule has 3 aromatic heterocycles. The number of hydrogen-bond donors (Lipinski definition) is 1. The molecule has 2 fully saturated rings. The summed E-state index contributed by atoms with van der Waals surface area (Å²) in [5.74, 6) is -1.12. The van der Waals surface area contributed by atoms with Crippen LogP contribution in [0, 0.1) is 0 Å². The Bertz CT molecular complexity index is 1360. The molecule has 5 rings (SSSR count). The predicted molar refractivity (Wildman–Crippen MR) is 139 cm³/mol. The van der Waals surface area contributed by atoms with Crippen LogP contribution in [0.15, 0.2) is 48.8 Å². The van der Waals surface area contributed by atoms with Gasteiger partial charge in [0.05, 0.1) is 11.6 Å². The fraction of sp³-hybridized carbons (Fsp3) is 0.423. The number of carboxylic acid groups (broad SMARTS) is 1. The lowest BCUT2D eigenvalue weighted by atomic mass is 10.2. The number of anilines is 1. The Kier molecular flexibility index (Phi) is 8.45. The molecule has 2 saturated heterocycles. The van der Waals surface area contributed by atoms with Gasteiger partial charge in [-0.2, -0.15) is 13.2 Å². The minimum absolute atomic E-state index is 0.0244. The van der Waals surface area contributed by atoms with Crippen LogP contribution in [0.4, 0.5) is 23.8 Å². The molecule has 2 aliphatic rings. The summed E-state index contributed by atoms with van der Waals surface area (Å²) in [7, 11) is 3.53. The van der Waals surface area contributed by atoms with E-state index in [-0.39, 0.29) is 18.0 Å². The van der Waals surface area contributed by atoms with Gasteiger partial charge in [-0.25, -0.2) is 19.6 Å². The molecule has 0 aromatic carbocycles. The second-order valence-electron chi connectivity index (χ2n) is 9.57. The van der Waals surface area contributed by atoms with Crippen molar-refractivity contribution in [3.05, 3.63) is 60.3 Å². The van der Waals surface area contributed by atoms with Crippen molar-refractivity contribution < 1.29 is 32.7 Å². The first-order valence-electron chi connectivity index (χ1n) is 12.7. The van der Waals surface area contributed by atoms with Gasteiger partial charge in [0.25, 0.3) is 5.91 Å². The second kappa shape index (κ2) is 11.8. The maximum absolute atomic E-state index is 13.5. The standard InChI is InChI=1S/C24H29N7O2.C2HF3O2/c1-27(2)24(33)31-13-7-9-19(31)22-26-21(18-8-4-6-12-30(18)22)23(32)29-16-14-28(15-17-29)20-10-3-5-11-25-20;3-2(4,5)1(6)7/h3-6,8,10-12,19H,7,9,13-17H2,1-2H3;(H,6,7). The molecule has 1 atom stereocenters. The number of aliphatic carboxylic acids is 1. The Morgan fingerprint density at radius 2 is 1.68 bits per heavy atom. The SMILES string of the molecule is CN(C)C(=O)N1CCCC1c1nc(C(=O)N2CCN(c3ccccn3)CC2)c2ccccn12.O=C(O)C(F)(F)F. The summed E-state index contributed by atoms with van der Waals surface area (Å²) in [6, 6.07) is 11.5. The Labute approximate surface area is 228 Å². The number of nitrogens with zero attached hydrogens (tertiary/aromatic N) is 7. The molecule has 214 valence electrons. The zero-order valence-electron chi connectivity index (χ0n) is 22.1. The average Bonchev–Trinajstić information content (AvgIpc) is 3.57. The van der Waals surface area contributed by atoms with E-state index in [1.807, 2.05) is 56.8 Å². The number of fused-ring (bicyclic) bond motifs is 1. The molecular formula is C26H30F3N7O4. The number of rotatable bonds is 3. The van der Waals surface area contributed by atoms with E-state index in [4.69, 9.17) is 14.9 Å². The monoisotopic (exact) mass is 561 g/mol. The smallest absolute Gasteiger partial charge is 0.475 e. The number of hydrogen-bond acceptors (Lipinski definition) is 6. The van der Waals surface area contributed by atoms with Gasteiger partial charge in [0.1, 0.15) is 11.6 Å². The summed E-state index contributed by atoms with van der Waals surface area (Å²) in [4.78, 5) is 52.0. The molecular weight excluding hydrogens is 531 g/mol. The van der Waals surface area contributed by atoms with Crippen LogP contribution >= 0.6 is 0 Å². The van der Waals surface area contributed by atoms with Crippen LogP contribution in [0.25, 0.3) is 5.52 Å². The Morgan fingerprint density at radius 3 is 2.27 bits per heavy atom. The molecule has 14 heteroatoms. The molecule has 3 aromatic rings. The van der Waals surface area contributed by atoms with E-state index in [2.05, 4.69) is 9.88 Å². The number of likely N-dealkylation sites (tertiary alicyclic amines) is 1. The summed E-state index contributed by atoms with van der Waals surface area (Å²) < 4.78 is 33.7. The van der Waals surface area contributed by atoms with Crippen LogP contribution in [0.3, 0.4) is 0 Å². The summed E-state index contributed by atoms with van der Waals surface area (Å²) in [6.45, 7) is 3.39. The number of pyridine rings is 2. The summed E-state index contributed by atoms with van der Waals surface area (Å²) >= 11 is 0. The Morgan fingerprint density at radius 1 is 1.00 bits per heavy atom. The summed E-state index contributed by atoms with van der Waals surface area (Å²) in [5, 5.41) is 7.12. The summed E-state index contributed by atoms with van der Waals surface area (Å²) in [6.07, 6.45) is 0.401. The Hall–Kier alpha value is -4.36. The van der Waals surface area contributed by atoms with Crippen molar-refractivity contribution in [1.29, 1.82) is 0 Å². The zero-order valence-corrected chi connectivity index (χ0v) is 22.1. The number of amides is 3. The molecule has 0 saturated carbocycles. The molecule has 0 radical (unpaired) electrons. The highest BCUT2D eigenvalue weighted by Crippen LogP contribution is 2.33. The molecule has 11 nitrogen and oxygen atoms in total. The lowest BCUT2D eigenvalue weighted by molar-refractivity contribution is -0.192. The van der Waals surface area contributed by atoms with Crippen LogP contribution in [-0.2, 0) is 4.79 Å². The second-order valence-corrected chi connectivity index (χ2v) is 9.57. The van der Waals surface area contributed by atoms with Crippen molar-refractivity contribution in [2.75, 3.05) is 51.7 Å². The maximum atomic E-state index is 13.5. The predicted octanol–water partition coefficient (Wildman–Crippen LogP) is 3.14. The van der Waals surface area contributed by atoms with E-state index < -0.39 is 12.1 Å². The molecule has 40 heavy (non-hydrogen) atoms. The molecule has 5 heterocycles. The summed E-state index contributed by atoms with van der Waals surface area (Å²) in [5.41, 5.74) is 1.25. The Balaban J connectivity index is 0.000000470. The first-order valence-corrected chi connectivity index (χ1v) is 12.7. The third-order valence-electron chi connectivity index (χ3n) is 6.74. The quantitative estimate of drug-likeness (QED) is 0.523. The van der Waals surface area contributed by atoms with E-state index in [1.54, 1.807) is 25.2 Å². The molecule has 0 spiro atoms. The van der Waals surface area contributed by atoms with Crippen molar-refractivity contribution in [3.63, 3.8) is 0 Å². The molecule has 3 amide bonds. The number of carboxylic acids is 1. The lowest BCUT2D eigenvalue weighted by Crippen LogP contribution is -2.49. The van der Waals surface area contributed by atoms with Crippen molar-refractivity contribution in [2.24, 2.45) is 0 Å². The molecule has 0 bridgehead atoms. The van der Waals surface area contributed by atoms with Crippen LogP contribution < -0.4 is 4.90 Å². The average molecular weight is 562 g/mol. The number of carbonyl (C=O) groups excluding carboxylic acids is 2. The fourth-order valence-corrected chi connectivity index (χ4v) is 4.80. The van der Waals surface area contributed by atoms with Gasteiger partial charge in [-0.15, -0.1) is 0 Å². The first kappa shape index (κ1) is 28.6. The number of carbonyl (C=O) groups is 3. The third kappa shape index (κ3) is 6.10. The van der Waals surface area contributed by atoms with E-state index >= 15 is 0 Å². The van der Waals surface area contributed by atoms with Gasteiger partial charge < -0.3 is 29.1 Å². The lowest BCUT2D eigenvalue weighted by Gasteiger charge is -2.35. The van der Waals surface area contributed by atoms with Gasteiger partial charge >= 0.3 is 18.2 Å². The molecule has 1 N–H and O–H groups in total. The minimum Gasteiger partial charge on any atom is -0.475 e. The molecule has 2 aliphatic heterocycles. The highest BCUT2D eigenvalue weighted by Gasteiger charge is 2.38. The minimum atomic E-state index is -5.08. The van der Waals surface area contributed by atoms with Crippen molar-refractivity contribution in [2.45, 2.75) is 25.1 Å². The topological polar surface area (TPSA) is 115 Å². The maximum Gasteiger partial charge on any atom is 0.490 e. The van der Waals surface area contributed by atoms with Crippen LogP contribution in [0.5, 0.6) is 0 Å². The van der Waals surface area contributed by atoms with Crippen LogP contribution in [-0.4, -0.2) is 105 Å². The van der Waals surface area contributed by atoms with Gasteiger partial charge in [0, 0.05) is 59.2 Å². The number of urea groups is 1. The number of imidazole rings is 1. The van der Waals surface area contributed by atoms with Gasteiger partial charge in [0.15, 0.2) is 5.69 Å². The van der Waals surface area contributed by atoms with E-state index in [1.165, 1.54) is 0 Å². The molecule has 0 aliphatic carbocycles. The van der Waals surface area contributed by atoms with Gasteiger partial charge in [-0.05, 0) is 37.1 Å². The fourth-order valence-electron chi connectivity index (χ4n) is 4.80. The van der Waals surface area contributed by atoms with Gasteiger partial charge in [0.2, 0.25) is 0 Å². The van der Waals surface area contributed by atoms with Crippen LogP contribution in [0.2, 0.25) is 0 Å². The number of aromatic nitrogens is 3. The van der Waals surface area contributed by atoms with E-state index in [9.17, 15) is 22.8 Å². The highest BCUT2D eigenvalue weighted by atomic mass is 19.4. The zero-order chi connectivity index (χ0) is 29.0. The van der Waals surface area contributed by atoms with Gasteiger partial charge in [-0.1, -0.05) is 12.1 Å². The third-order valence-corrected chi connectivity index (χ3v) is 6.74. The highest BCUT2D eigenvalue weighted by molar-refractivity contribution is 5.99. The van der Waals surface area contributed by atoms with E-state index in [0.717, 1.165) is 43.1 Å².